The summed E-state index contributed by atoms with van der Waals surface area (Å²) in [5, 5.41) is 0. The molecular formula is C23H30ClNO5S. The minimum atomic E-state index is -3.40. The van der Waals surface area contributed by atoms with Crippen molar-refractivity contribution < 1.29 is 22.7 Å². The Hall–Kier alpha value is -2.09. The van der Waals surface area contributed by atoms with Gasteiger partial charge in [0.1, 0.15) is 18.1 Å². The first kappa shape index (κ1) is 25.2. The highest BCUT2D eigenvalue weighted by atomic mass is 35.5. The average Bonchev–Trinajstić information content (AvgIpc) is 2.70. The molecule has 31 heavy (non-hydrogen) atoms. The summed E-state index contributed by atoms with van der Waals surface area (Å²) in [5.74, 6) is 1.61. The zero-order valence-electron chi connectivity index (χ0n) is 18.4. The molecule has 0 aliphatic rings. The van der Waals surface area contributed by atoms with E-state index in [1.165, 1.54) is 5.56 Å². The summed E-state index contributed by atoms with van der Waals surface area (Å²) in [6.07, 6.45) is 1.81. The van der Waals surface area contributed by atoms with Gasteiger partial charge in [-0.2, -0.15) is 0 Å². The minimum absolute atomic E-state index is 0.199. The van der Waals surface area contributed by atoms with Gasteiger partial charge in [0.15, 0.2) is 5.78 Å². The highest BCUT2D eigenvalue weighted by Crippen LogP contribution is 2.35. The number of hydrogen-bond acceptors (Lipinski definition) is 5. The van der Waals surface area contributed by atoms with E-state index in [0.717, 1.165) is 29.6 Å². The van der Waals surface area contributed by atoms with E-state index >= 15 is 0 Å². The number of benzene rings is 2. The van der Waals surface area contributed by atoms with Crippen molar-refractivity contribution in [2.24, 2.45) is 0 Å². The number of aryl methyl sites for hydroxylation is 1. The first-order chi connectivity index (χ1) is 14.5. The van der Waals surface area contributed by atoms with Crippen molar-refractivity contribution >= 4 is 27.4 Å². The second-order valence-corrected chi connectivity index (χ2v) is 10.1. The molecule has 0 radical (unpaired) electrons. The van der Waals surface area contributed by atoms with Gasteiger partial charge >= 0.3 is 0 Å². The Morgan fingerprint density at radius 3 is 2.29 bits per heavy atom. The number of sulfonamides is 1. The van der Waals surface area contributed by atoms with Gasteiger partial charge in [0.05, 0.1) is 19.4 Å². The molecule has 0 bridgehead atoms. The average molecular weight is 468 g/mol. The lowest BCUT2D eigenvalue weighted by Gasteiger charge is -2.28. The SMILES string of the molecule is Cc1cc(OCCCCl)ccc1C(C)(C)c1ccc(OCC(=O)CNS(C)(=O)=O)cc1. The first-order valence-electron chi connectivity index (χ1n) is 10.0. The molecule has 0 saturated heterocycles. The third-order valence-corrected chi connectivity index (χ3v) is 5.86. The molecule has 0 saturated carbocycles. The summed E-state index contributed by atoms with van der Waals surface area (Å²) in [6.45, 7) is 6.49. The van der Waals surface area contributed by atoms with E-state index in [9.17, 15) is 13.2 Å². The molecule has 0 atom stereocenters. The van der Waals surface area contributed by atoms with Crippen molar-refractivity contribution in [3.63, 3.8) is 0 Å². The molecule has 170 valence electrons. The number of nitrogens with one attached hydrogen (secondary N) is 1. The summed E-state index contributed by atoms with van der Waals surface area (Å²) >= 11 is 5.70. The van der Waals surface area contributed by atoms with Crippen LogP contribution in [-0.4, -0.2) is 46.1 Å². The van der Waals surface area contributed by atoms with Crippen molar-refractivity contribution in [2.45, 2.75) is 32.6 Å². The number of ether oxygens (including phenoxy) is 2. The molecule has 0 heterocycles. The summed E-state index contributed by atoms with van der Waals surface area (Å²) in [5.41, 5.74) is 3.18. The lowest BCUT2D eigenvalue weighted by Crippen LogP contribution is -2.31. The Bertz CT molecular complexity index is 988. The molecule has 0 unspecified atom stereocenters. The van der Waals surface area contributed by atoms with Gasteiger partial charge in [0.25, 0.3) is 0 Å². The van der Waals surface area contributed by atoms with Crippen LogP contribution in [0.2, 0.25) is 0 Å². The maximum Gasteiger partial charge on any atom is 0.209 e. The lowest BCUT2D eigenvalue weighted by molar-refractivity contribution is -0.119. The van der Waals surface area contributed by atoms with Crippen LogP contribution in [0.25, 0.3) is 0 Å². The van der Waals surface area contributed by atoms with Gasteiger partial charge in [-0.1, -0.05) is 32.0 Å². The predicted octanol–water partition coefficient (Wildman–Crippen LogP) is 3.83. The molecule has 2 aromatic rings. The number of alkyl halides is 1. The maximum atomic E-state index is 11.8. The molecule has 1 N–H and O–H groups in total. The Labute approximate surface area is 190 Å². The van der Waals surface area contributed by atoms with Gasteiger partial charge in [-0.05, 0) is 54.3 Å². The fraction of sp³-hybridized carbons (Fsp3) is 0.435. The fourth-order valence-electron chi connectivity index (χ4n) is 3.22. The Morgan fingerprint density at radius 2 is 1.71 bits per heavy atom. The van der Waals surface area contributed by atoms with Crippen LogP contribution in [0.5, 0.6) is 11.5 Å². The predicted molar refractivity (Wildman–Crippen MR) is 124 cm³/mol. The van der Waals surface area contributed by atoms with Gasteiger partial charge in [-0.15, -0.1) is 11.6 Å². The molecule has 0 aliphatic carbocycles. The standard InChI is InChI=1S/C23H30ClNO5S/c1-17-14-21(29-13-5-12-24)10-11-22(17)23(2,3)18-6-8-20(9-7-18)30-16-19(26)15-25-31(4,27)28/h6-11,14,25H,5,12-13,15-16H2,1-4H3. The third-order valence-electron chi connectivity index (χ3n) is 4.93. The van der Waals surface area contributed by atoms with Crippen LogP contribution >= 0.6 is 11.6 Å². The quantitative estimate of drug-likeness (QED) is 0.379. The third kappa shape index (κ3) is 7.83. The summed E-state index contributed by atoms with van der Waals surface area (Å²) in [6, 6.07) is 13.7. The van der Waals surface area contributed by atoms with Gasteiger partial charge in [0.2, 0.25) is 10.0 Å². The van der Waals surface area contributed by atoms with E-state index in [2.05, 4.69) is 31.6 Å². The van der Waals surface area contributed by atoms with Crippen LogP contribution in [0.15, 0.2) is 42.5 Å². The van der Waals surface area contributed by atoms with Crippen LogP contribution in [-0.2, 0) is 20.2 Å². The van der Waals surface area contributed by atoms with Crippen LogP contribution < -0.4 is 14.2 Å². The van der Waals surface area contributed by atoms with E-state index in [4.69, 9.17) is 21.1 Å². The number of rotatable bonds is 12. The molecule has 0 aliphatic heterocycles. The molecule has 6 nitrogen and oxygen atoms in total. The highest BCUT2D eigenvalue weighted by molar-refractivity contribution is 7.88. The molecule has 2 rings (SSSR count). The molecule has 0 spiro atoms. The smallest absolute Gasteiger partial charge is 0.209 e. The Balaban J connectivity index is 2.03. The fourth-order valence-corrected chi connectivity index (χ4v) is 3.75. The number of carbonyl (C=O) groups excluding carboxylic acids is 1. The second kappa shape index (κ2) is 11.0. The summed E-state index contributed by atoms with van der Waals surface area (Å²) < 4.78 is 35.5. The van der Waals surface area contributed by atoms with E-state index in [0.29, 0.717) is 18.2 Å². The molecule has 0 fully saturated rings. The van der Waals surface area contributed by atoms with Crippen LogP contribution in [0.4, 0.5) is 0 Å². The van der Waals surface area contributed by atoms with Gasteiger partial charge in [0, 0.05) is 11.3 Å². The van der Waals surface area contributed by atoms with E-state index in [-0.39, 0.29) is 24.3 Å². The maximum absolute atomic E-state index is 11.8. The second-order valence-electron chi connectivity index (χ2n) is 7.94. The number of carbonyl (C=O) groups is 1. The number of halogens is 1. The monoisotopic (exact) mass is 467 g/mol. The first-order valence-corrected chi connectivity index (χ1v) is 12.4. The van der Waals surface area contributed by atoms with E-state index in [1.807, 2.05) is 36.4 Å². The highest BCUT2D eigenvalue weighted by Gasteiger charge is 2.25. The van der Waals surface area contributed by atoms with Crippen LogP contribution in [0, 0.1) is 6.92 Å². The zero-order chi connectivity index (χ0) is 23.1. The van der Waals surface area contributed by atoms with Crippen molar-refractivity contribution in [3.05, 3.63) is 59.2 Å². The van der Waals surface area contributed by atoms with Crippen molar-refractivity contribution in [2.75, 3.05) is 31.9 Å². The van der Waals surface area contributed by atoms with Crippen molar-refractivity contribution in [1.29, 1.82) is 0 Å². The van der Waals surface area contributed by atoms with Crippen LogP contribution in [0.3, 0.4) is 0 Å². The number of hydrogen-bond donors (Lipinski definition) is 1. The zero-order valence-corrected chi connectivity index (χ0v) is 20.0. The number of ketones is 1. The number of Topliss-reactive ketones (excluding diaryl/α,β-unsaturated/α-hetero) is 1. The Kier molecular flexibility index (Phi) is 8.91. The van der Waals surface area contributed by atoms with Crippen molar-refractivity contribution in [1.82, 2.24) is 4.72 Å². The summed E-state index contributed by atoms with van der Waals surface area (Å²) in [7, 11) is -3.40. The van der Waals surface area contributed by atoms with Gasteiger partial charge < -0.3 is 9.47 Å². The molecular weight excluding hydrogens is 438 g/mol. The van der Waals surface area contributed by atoms with Crippen molar-refractivity contribution in [3.8, 4) is 11.5 Å². The summed E-state index contributed by atoms with van der Waals surface area (Å²) in [4.78, 5) is 11.8. The van der Waals surface area contributed by atoms with E-state index < -0.39 is 10.0 Å². The largest absolute Gasteiger partial charge is 0.494 e. The minimum Gasteiger partial charge on any atom is -0.494 e. The topological polar surface area (TPSA) is 81.7 Å². The van der Waals surface area contributed by atoms with Gasteiger partial charge in [-0.25, -0.2) is 13.1 Å². The molecule has 0 aromatic heterocycles. The van der Waals surface area contributed by atoms with E-state index in [1.54, 1.807) is 0 Å². The Morgan fingerprint density at radius 1 is 1.06 bits per heavy atom. The molecule has 0 amide bonds. The molecule has 8 heteroatoms. The normalized spacial score (nSPS) is 11.9. The molecule has 2 aromatic carbocycles. The lowest BCUT2D eigenvalue weighted by atomic mass is 9.76. The van der Waals surface area contributed by atoms with Crippen LogP contribution in [0.1, 0.15) is 37.0 Å². The van der Waals surface area contributed by atoms with Gasteiger partial charge in [-0.3, -0.25) is 4.79 Å².